The van der Waals surface area contributed by atoms with Crippen molar-refractivity contribution in [2.24, 2.45) is 0 Å². The molecule has 8 aromatic carbocycles. The van der Waals surface area contributed by atoms with Gasteiger partial charge in [0.05, 0.1) is 11.4 Å². The van der Waals surface area contributed by atoms with E-state index in [9.17, 15) is 0 Å². The molecule has 67 heavy (non-hydrogen) atoms. The number of benzene rings is 8. The predicted molar refractivity (Wildman–Crippen MR) is 284 cm³/mol. The van der Waals surface area contributed by atoms with Crippen LogP contribution in [0.5, 0.6) is 0 Å². The van der Waals surface area contributed by atoms with Crippen LogP contribution in [0.15, 0.2) is 150 Å². The summed E-state index contributed by atoms with van der Waals surface area (Å²) in [6, 6.07) is 55.9. The molecular formula is C63H55BN2O. The predicted octanol–water partition coefficient (Wildman–Crippen LogP) is 15.7. The van der Waals surface area contributed by atoms with Crippen molar-refractivity contribution in [3.05, 3.63) is 173 Å². The average Bonchev–Trinajstić information content (AvgIpc) is 3.93. The number of hydrogen-bond acceptors (Lipinski definition) is 2. The standard InChI is InChI=1S/C63H55BN2O/c1-60(2,3)39-26-27-50(43(32-39)36-18-11-10-12-19-36)65-52-34-45-40-22-15-16-25-47(40)63(8,9)55(45)54-42-24-17-23-41-44-30-37-20-13-14-21-38(37)31-51(44)66(57(41)42)64(56(52)54)59-58(65)46-33-48-49(35-53(46)67-59)62(6,7)29-28-61(48,4)5/h10-27,30-35H,28-29H2,1-9H3. The third-order valence-corrected chi connectivity index (χ3v) is 16.9. The topological polar surface area (TPSA) is 21.3 Å². The van der Waals surface area contributed by atoms with Gasteiger partial charge in [-0.1, -0.05) is 165 Å². The molecule has 3 nitrogen and oxygen atoms in total. The number of para-hydroxylation sites is 1. The molecule has 0 spiro atoms. The molecule has 0 amide bonds. The van der Waals surface area contributed by atoms with Gasteiger partial charge in [-0.05, 0) is 138 Å². The van der Waals surface area contributed by atoms with Crippen LogP contribution in [0.4, 0.5) is 17.1 Å². The van der Waals surface area contributed by atoms with Gasteiger partial charge < -0.3 is 13.8 Å². The Morgan fingerprint density at radius 3 is 2.00 bits per heavy atom. The van der Waals surface area contributed by atoms with Gasteiger partial charge in [0.15, 0.2) is 0 Å². The first kappa shape index (κ1) is 39.4. The summed E-state index contributed by atoms with van der Waals surface area (Å²) in [7, 11) is 0. The summed E-state index contributed by atoms with van der Waals surface area (Å²) in [6.07, 6.45) is 2.28. The van der Waals surface area contributed by atoms with Crippen molar-refractivity contribution in [1.82, 2.24) is 4.48 Å². The minimum absolute atomic E-state index is 0.0150. The number of anilines is 3. The van der Waals surface area contributed by atoms with Gasteiger partial charge in [0.2, 0.25) is 0 Å². The van der Waals surface area contributed by atoms with E-state index in [1.165, 1.54) is 116 Å². The Balaban J connectivity index is 1.21. The van der Waals surface area contributed by atoms with Gasteiger partial charge in [-0.25, -0.2) is 0 Å². The van der Waals surface area contributed by atoms with E-state index in [1.807, 2.05) is 0 Å². The highest BCUT2D eigenvalue weighted by atomic mass is 16.3. The minimum atomic E-state index is -0.245. The number of fused-ring (bicyclic) bond motifs is 15. The second kappa shape index (κ2) is 12.8. The maximum atomic E-state index is 7.77. The van der Waals surface area contributed by atoms with Gasteiger partial charge >= 0.3 is 6.85 Å². The molecule has 0 N–H and O–H groups in total. The number of rotatable bonds is 2. The monoisotopic (exact) mass is 866 g/mol. The molecule has 0 saturated heterocycles. The maximum Gasteiger partial charge on any atom is 0.375 e. The Bertz CT molecular complexity index is 3830. The van der Waals surface area contributed by atoms with Gasteiger partial charge in [-0.15, -0.1) is 0 Å². The largest absolute Gasteiger partial charge is 0.466 e. The molecule has 0 atom stereocenters. The molecule has 0 saturated carbocycles. The molecule has 0 radical (unpaired) electrons. The van der Waals surface area contributed by atoms with E-state index in [4.69, 9.17) is 4.42 Å². The smallest absolute Gasteiger partial charge is 0.375 e. The lowest BCUT2D eigenvalue weighted by molar-refractivity contribution is 0.332. The molecule has 14 rings (SSSR count). The Morgan fingerprint density at radius 2 is 1.24 bits per heavy atom. The molecule has 0 bridgehead atoms. The van der Waals surface area contributed by atoms with E-state index in [-0.39, 0.29) is 28.5 Å². The quantitative estimate of drug-likeness (QED) is 0.161. The fourth-order valence-corrected chi connectivity index (χ4v) is 13.3. The molecule has 0 fully saturated rings. The zero-order valence-corrected chi connectivity index (χ0v) is 40.2. The van der Waals surface area contributed by atoms with Crippen LogP contribution in [0.1, 0.15) is 103 Å². The Kier molecular flexibility index (Phi) is 7.53. The van der Waals surface area contributed by atoms with Crippen LogP contribution >= 0.6 is 0 Å². The highest BCUT2D eigenvalue weighted by Gasteiger charge is 2.51. The van der Waals surface area contributed by atoms with E-state index >= 15 is 0 Å². The first-order valence-electron chi connectivity index (χ1n) is 24.5. The summed E-state index contributed by atoms with van der Waals surface area (Å²) in [5.74, 6) is 0. The lowest BCUT2D eigenvalue weighted by Gasteiger charge is -2.42. The SMILES string of the molecule is CC(C)(C)c1ccc(N2c3cc4c(c5c3B(c3oc6cc7c(cc6c32)C(C)(C)CCC7(C)C)n2c3cc6ccccc6cc3c3cccc-5c32)C(C)(C)c2ccccc2-4)c(-c2ccccc2)c1. The van der Waals surface area contributed by atoms with Gasteiger partial charge in [0.25, 0.3) is 0 Å². The van der Waals surface area contributed by atoms with Crippen molar-refractivity contribution in [2.75, 3.05) is 4.90 Å². The first-order valence-corrected chi connectivity index (χ1v) is 24.5. The van der Waals surface area contributed by atoms with E-state index in [2.05, 4.69) is 217 Å². The molecule has 2 aliphatic carbocycles. The number of hydrogen-bond donors (Lipinski definition) is 0. The minimum Gasteiger partial charge on any atom is -0.466 e. The van der Waals surface area contributed by atoms with Crippen molar-refractivity contribution in [3.63, 3.8) is 0 Å². The summed E-state index contributed by atoms with van der Waals surface area (Å²) in [4.78, 5) is 2.65. The van der Waals surface area contributed by atoms with Crippen LogP contribution < -0.4 is 16.0 Å². The summed E-state index contributed by atoms with van der Waals surface area (Å²) < 4.78 is 10.5. The molecule has 4 aliphatic rings. The van der Waals surface area contributed by atoms with Crippen molar-refractivity contribution in [2.45, 2.75) is 96.8 Å². The number of furan rings is 1. The molecule has 2 aliphatic heterocycles. The highest BCUT2D eigenvalue weighted by Crippen LogP contribution is 2.59. The zero-order valence-electron chi connectivity index (χ0n) is 40.2. The number of aromatic nitrogens is 1. The molecule has 10 aromatic rings. The number of nitrogens with zero attached hydrogens (tertiary/aromatic N) is 2. The molecule has 2 aromatic heterocycles. The van der Waals surface area contributed by atoms with E-state index in [0.717, 1.165) is 29.8 Å². The fourth-order valence-electron chi connectivity index (χ4n) is 13.3. The molecule has 0 unspecified atom stereocenters. The van der Waals surface area contributed by atoms with E-state index < -0.39 is 0 Å². The maximum absolute atomic E-state index is 7.77. The lowest BCUT2D eigenvalue weighted by Crippen LogP contribution is -2.56. The van der Waals surface area contributed by atoms with Gasteiger partial charge in [0.1, 0.15) is 11.2 Å². The first-order chi connectivity index (χ1) is 32.1. The normalized spacial score (nSPS) is 16.9. The van der Waals surface area contributed by atoms with Crippen molar-refractivity contribution in [3.8, 4) is 33.4 Å². The van der Waals surface area contributed by atoms with Crippen LogP contribution in [0.3, 0.4) is 0 Å². The van der Waals surface area contributed by atoms with Crippen LogP contribution in [0.25, 0.3) is 76.9 Å². The third-order valence-electron chi connectivity index (χ3n) is 16.9. The van der Waals surface area contributed by atoms with Crippen LogP contribution in [-0.2, 0) is 21.7 Å². The zero-order chi connectivity index (χ0) is 45.7. The fraction of sp³-hybridized carbons (Fsp3) is 0.238. The Hall–Kier alpha value is -6.78. The summed E-state index contributed by atoms with van der Waals surface area (Å²) in [5, 5.41) is 6.27. The van der Waals surface area contributed by atoms with Crippen molar-refractivity contribution in [1.29, 1.82) is 0 Å². The van der Waals surface area contributed by atoms with E-state index in [0.29, 0.717) is 0 Å². The second-order valence-corrected chi connectivity index (χ2v) is 23.1. The van der Waals surface area contributed by atoms with Crippen LogP contribution in [0, 0.1) is 0 Å². The van der Waals surface area contributed by atoms with Crippen molar-refractivity contribution >= 4 is 78.6 Å². The van der Waals surface area contributed by atoms with E-state index in [1.54, 1.807) is 0 Å². The van der Waals surface area contributed by atoms with Crippen LogP contribution in [0.2, 0.25) is 0 Å². The van der Waals surface area contributed by atoms with Crippen LogP contribution in [-0.4, -0.2) is 11.3 Å². The highest BCUT2D eigenvalue weighted by molar-refractivity contribution is 6.89. The Morgan fingerprint density at radius 1 is 0.552 bits per heavy atom. The molecule has 326 valence electrons. The summed E-state index contributed by atoms with van der Waals surface area (Å²) in [5.41, 5.74) is 23.8. The van der Waals surface area contributed by atoms with Crippen molar-refractivity contribution < 1.29 is 4.42 Å². The molecule has 4 heterocycles. The summed E-state index contributed by atoms with van der Waals surface area (Å²) in [6.45, 7) is 21.4. The summed E-state index contributed by atoms with van der Waals surface area (Å²) >= 11 is 0. The van der Waals surface area contributed by atoms with Gasteiger partial charge in [-0.2, -0.15) is 0 Å². The van der Waals surface area contributed by atoms with Gasteiger partial charge in [-0.3, -0.25) is 0 Å². The lowest BCUT2D eigenvalue weighted by atomic mass is 9.46. The molecule has 4 heteroatoms. The average molecular weight is 867 g/mol. The Labute approximate surface area is 394 Å². The van der Waals surface area contributed by atoms with Gasteiger partial charge in [0, 0.05) is 49.4 Å². The second-order valence-electron chi connectivity index (χ2n) is 23.1. The molecular weight excluding hydrogens is 812 g/mol. The third kappa shape index (κ3) is 5.09.